The second kappa shape index (κ2) is 17.1. The molecule has 0 aliphatic heterocycles. The minimum absolute atomic E-state index is 0. The van der Waals surface area contributed by atoms with Gasteiger partial charge >= 0.3 is 41.5 Å². The van der Waals surface area contributed by atoms with Crippen LogP contribution in [0.15, 0.2) is 0 Å². The van der Waals surface area contributed by atoms with Crippen LogP contribution in [0.3, 0.4) is 0 Å². The average Bonchev–Trinajstić information content (AvgIpc) is 1.89. The number of aliphatic carboxylic acids is 2. The summed E-state index contributed by atoms with van der Waals surface area (Å²) in [5.41, 5.74) is 9.14. The van der Waals surface area contributed by atoms with E-state index in [-0.39, 0.29) is 48.1 Å². The topological polar surface area (TPSA) is 158 Å². The zero-order chi connectivity index (χ0) is 8.57. The quantitative estimate of drug-likeness (QED) is 0.333. The summed E-state index contributed by atoms with van der Waals surface area (Å²) in [6.45, 7) is -0.556. The van der Waals surface area contributed by atoms with Crippen LogP contribution in [-0.4, -0.2) is 70.3 Å². The van der Waals surface area contributed by atoms with Crippen LogP contribution in [-0.2, 0) is 9.59 Å². The second-order valence-electron chi connectivity index (χ2n) is 1.20. The van der Waals surface area contributed by atoms with Gasteiger partial charge in [-0.3, -0.25) is 9.59 Å². The first kappa shape index (κ1) is 22.6. The molecule has 0 unspecified atom stereocenters. The molecule has 0 aromatic heterocycles. The Morgan fingerprint density at radius 1 is 1.00 bits per heavy atom. The van der Waals surface area contributed by atoms with Crippen LogP contribution in [0.4, 0.5) is 0 Å². The Bertz CT molecular complexity index is 106. The van der Waals surface area contributed by atoms with Crippen LogP contribution in [0.2, 0.25) is 0 Å². The fourth-order valence-corrected chi connectivity index (χ4v) is 0. The standard InChI is InChI=1S/2C2H5NO2.Na.H2O.H/c2*3-1-2(4)5;;;/h2*1,3H2,(H,4,5);;1H2;. The van der Waals surface area contributed by atoms with Crippen LogP contribution in [0.25, 0.3) is 0 Å². The Hall–Kier alpha value is -0.180. The van der Waals surface area contributed by atoms with Gasteiger partial charge in [-0.15, -0.1) is 0 Å². The van der Waals surface area contributed by atoms with E-state index in [0.29, 0.717) is 0 Å². The molecule has 0 aliphatic rings. The molecule has 0 saturated heterocycles. The van der Waals surface area contributed by atoms with Crippen molar-refractivity contribution in [2.75, 3.05) is 13.1 Å². The van der Waals surface area contributed by atoms with Crippen LogP contribution in [0.1, 0.15) is 0 Å². The molecule has 0 heterocycles. The zero-order valence-corrected chi connectivity index (χ0v) is 5.78. The van der Waals surface area contributed by atoms with Gasteiger partial charge in [0.1, 0.15) is 0 Å². The average molecular weight is 192 g/mol. The number of nitrogens with two attached hydrogens (primary N) is 2. The number of carbonyl (C=O) groups is 2. The normalized spacial score (nSPS) is 6.17. The molecule has 12 heavy (non-hydrogen) atoms. The van der Waals surface area contributed by atoms with Crippen LogP contribution in [0.5, 0.6) is 0 Å². The number of hydrogen-bond donors (Lipinski definition) is 4. The molecule has 70 valence electrons. The third kappa shape index (κ3) is 52.4. The molecular weight excluding hydrogens is 179 g/mol. The molecule has 8 heteroatoms. The van der Waals surface area contributed by atoms with E-state index >= 15 is 0 Å². The first-order valence-corrected chi connectivity index (χ1v) is 2.38. The van der Waals surface area contributed by atoms with E-state index < -0.39 is 11.9 Å². The summed E-state index contributed by atoms with van der Waals surface area (Å²) in [4.78, 5) is 18.5. The molecule has 0 saturated carbocycles. The monoisotopic (exact) mass is 192 g/mol. The van der Waals surface area contributed by atoms with Crippen LogP contribution >= 0.6 is 0 Å². The van der Waals surface area contributed by atoms with E-state index in [0.717, 1.165) is 0 Å². The molecule has 0 radical (unpaired) electrons. The second-order valence-corrected chi connectivity index (χ2v) is 1.20. The maximum atomic E-state index is 9.24. The van der Waals surface area contributed by atoms with Gasteiger partial charge in [-0.1, -0.05) is 0 Å². The SMILES string of the molecule is NCC(=O)O.NCC(=O)O.O.[NaH]. The van der Waals surface area contributed by atoms with Gasteiger partial charge in [0.25, 0.3) is 0 Å². The van der Waals surface area contributed by atoms with Gasteiger partial charge in [0.05, 0.1) is 13.1 Å². The van der Waals surface area contributed by atoms with Crippen molar-refractivity contribution >= 4 is 41.5 Å². The number of carboxylic acids is 2. The number of rotatable bonds is 2. The van der Waals surface area contributed by atoms with Crippen LogP contribution < -0.4 is 11.5 Å². The van der Waals surface area contributed by atoms with Gasteiger partial charge in [-0.25, -0.2) is 0 Å². The van der Waals surface area contributed by atoms with Crippen molar-refractivity contribution < 1.29 is 25.3 Å². The molecule has 0 spiro atoms. The van der Waals surface area contributed by atoms with Crippen molar-refractivity contribution in [3.05, 3.63) is 0 Å². The molecular formula is C4H13N2NaO5. The van der Waals surface area contributed by atoms with Crippen molar-refractivity contribution in [1.29, 1.82) is 0 Å². The minimum atomic E-state index is -0.968. The fraction of sp³-hybridized carbons (Fsp3) is 0.500. The van der Waals surface area contributed by atoms with Gasteiger partial charge in [-0.05, 0) is 0 Å². The molecule has 0 bridgehead atoms. The van der Waals surface area contributed by atoms with E-state index in [1.807, 2.05) is 0 Å². The molecule has 0 atom stereocenters. The Balaban J connectivity index is -0.0000000457. The predicted molar refractivity (Wildman–Crippen MR) is 44.1 cm³/mol. The van der Waals surface area contributed by atoms with E-state index in [4.69, 9.17) is 10.2 Å². The van der Waals surface area contributed by atoms with Gasteiger partial charge in [0, 0.05) is 0 Å². The third-order valence-electron chi connectivity index (χ3n) is 0.349. The fourth-order valence-electron chi connectivity index (χ4n) is 0. The molecule has 0 amide bonds. The summed E-state index contributed by atoms with van der Waals surface area (Å²) in [7, 11) is 0. The third-order valence-corrected chi connectivity index (χ3v) is 0.349. The first-order chi connectivity index (χ1) is 4.54. The van der Waals surface area contributed by atoms with Gasteiger partial charge in [0.15, 0.2) is 0 Å². The van der Waals surface area contributed by atoms with Gasteiger partial charge in [0.2, 0.25) is 0 Å². The van der Waals surface area contributed by atoms with E-state index in [1.54, 1.807) is 0 Å². The molecule has 7 nitrogen and oxygen atoms in total. The van der Waals surface area contributed by atoms with Crippen molar-refractivity contribution in [2.24, 2.45) is 11.5 Å². The molecule has 0 aromatic rings. The van der Waals surface area contributed by atoms with Crippen molar-refractivity contribution in [3.63, 3.8) is 0 Å². The molecule has 0 rings (SSSR count). The van der Waals surface area contributed by atoms with E-state index in [1.165, 1.54) is 0 Å². The Kier molecular flexibility index (Phi) is 32.2. The number of carboxylic acid groups (broad SMARTS) is 2. The van der Waals surface area contributed by atoms with Gasteiger partial charge in [-0.2, -0.15) is 0 Å². The summed E-state index contributed by atoms with van der Waals surface area (Å²) in [6, 6.07) is 0. The molecule has 0 aromatic carbocycles. The summed E-state index contributed by atoms with van der Waals surface area (Å²) in [5, 5.41) is 15.2. The summed E-state index contributed by atoms with van der Waals surface area (Å²) in [5.74, 6) is -1.94. The van der Waals surface area contributed by atoms with Gasteiger partial charge < -0.3 is 27.2 Å². The molecule has 8 N–H and O–H groups in total. The summed E-state index contributed by atoms with van der Waals surface area (Å²) in [6.07, 6.45) is 0. The Labute approximate surface area is 91.3 Å². The van der Waals surface area contributed by atoms with E-state index in [9.17, 15) is 9.59 Å². The summed E-state index contributed by atoms with van der Waals surface area (Å²) < 4.78 is 0. The van der Waals surface area contributed by atoms with E-state index in [2.05, 4.69) is 11.5 Å². The predicted octanol–water partition coefficient (Wildman–Crippen LogP) is -3.41. The zero-order valence-electron chi connectivity index (χ0n) is 5.78. The van der Waals surface area contributed by atoms with Crippen LogP contribution in [0, 0.1) is 0 Å². The Morgan fingerprint density at radius 2 is 1.08 bits per heavy atom. The Morgan fingerprint density at radius 3 is 1.08 bits per heavy atom. The summed E-state index contributed by atoms with van der Waals surface area (Å²) >= 11 is 0. The molecule has 0 fully saturated rings. The molecule has 0 aliphatic carbocycles. The van der Waals surface area contributed by atoms with Crippen molar-refractivity contribution in [1.82, 2.24) is 0 Å². The number of hydrogen-bond acceptors (Lipinski definition) is 4. The maximum absolute atomic E-state index is 9.24. The van der Waals surface area contributed by atoms with Crippen molar-refractivity contribution in [3.8, 4) is 0 Å². The first-order valence-electron chi connectivity index (χ1n) is 2.38. The van der Waals surface area contributed by atoms with Crippen molar-refractivity contribution in [2.45, 2.75) is 0 Å².